The van der Waals surface area contributed by atoms with Gasteiger partial charge in [-0.2, -0.15) is 5.26 Å². The lowest BCUT2D eigenvalue weighted by Crippen LogP contribution is -2.41. The molecule has 0 aromatic rings. The molecule has 0 rings (SSSR count). The van der Waals surface area contributed by atoms with E-state index in [1.54, 1.807) is 11.9 Å². The van der Waals surface area contributed by atoms with E-state index in [0.29, 0.717) is 6.42 Å². The normalized spacial score (nSPS) is 14.6. The molecule has 2 unspecified atom stereocenters. The van der Waals surface area contributed by atoms with Gasteiger partial charge in [0.1, 0.15) is 0 Å². The maximum absolute atomic E-state index is 11.8. The summed E-state index contributed by atoms with van der Waals surface area (Å²) >= 11 is 3.35. The second-order valence-electron chi connectivity index (χ2n) is 3.81. The van der Waals surface area contributed by atoms with Gasteiger partial charge in [0.2, 0.25) is 5.91 Å². The van der Waals surface area contributed by atoms with Gasteiger partial charge in [-0.3, -0.25) is 4.79 Å². The maximum Gasteiger partial charge on any atom is 0.236 e. The predicted octanol–water partition coefficient (Wildman–Crippen LogP) is 2.17. The molecular formula is C10H17BrN2O. The van der Waals surface area contributed by atoms with Crippen molar-refractivity contribution in [2.75, 3.05) is 7.05 Å². The van der Waals surface area contributed by atoms with Crippen LogP contribution in [0.5, 0.6) is 0 Å². The van der Waals surface area contributed by atoms with Gasteiger partial charge in [-0.25, -0.2) is 0 Å². The minimum Gasteiger partial charge on any atom is -0.341 e. The van der Waals surface area contributed by atoms with E-state index in [9.17, 15) is 4.79 Å². The van der Waals surface area contributed by atoms with E-state index in [4.69, 9.17) is 5.26 Å². The van der Waals surface area contributed by atoms with Crippen molar-refractivity contribution >= 4 is 21.8 Å². The van der Waals surface area contributed by atoms with Crippen molar-refractivity contribution in [2.24, 2.45) is 5.92 Å². The first-order valence-corrected chi connectivity index (χ1v) is 5.61. The highest BCUT2D eigenvalue weighted by atomic mass is 79.9. The molecule has 0 aliphatic heterocycles. The van der Waals surface area contributed by atoms with Crippen LogP contribution in [0.2, 0.25) is 0 Å². The number of alkyl halides is 1. The molecule has 0 heterocycles. The molecule has 2 atom stereocenters. The van der Waals surface area contributed by atoms with Crippen LogP contribution in [-0.4, -0.2) is 28.7 Å². The number of rotatable bonds is 4. The number of hydrogen-bond donors (Lipinski definition) is 0. The molecule has 0 saturated carbocycles. The van der Waals surface area contributed by atoms with Crippen molar-refractivity contribution < 1.29 is 4.79 Å². The molecular weight excluding hydrogens is 244 g/mol. The minimum absolute atomic E-state index is 0.0219. The average molecular weight is 261 g/mol. The Morgan fingerprint density at radius 2 is 2.00 bits per heavy atom. The first-order chi connectivity index (χ1) is 6.41. The largest absolute Gasteiger partial charge is 0.341 e. The van der Waals surface area contributed by atoms with Crippen LogP contribution < -0.4 is 0 Å². The van der Waals surface area contributed by atoms with E-state index in [0.717, 1.165) is 0 Å². The lowest BCUT2D eigenvalue weighted by molar-refractivity contribution is -0.131. The highest BCUT2D eigenvalue weighted by molar-refractivity contribution is 9.10. The fourth-order valence-electron chi connectivity index (χ4n) is 0.966. The summed E-state index contributed by atoms with van der Waals surface area (Å²) in [5.74, 6) is 0.307. The van der Waals surface area contributed by atoms with Gasteiger partial charge in [-0.1, -0.05) is 29.8 Å². The van der Waals surface area contributed by atoms with E-state index in [-0.39, 0.29) is 22.7 Å². The van der Waals surface area contributed by atoms with Crippen molar-refractivity contribution in [3.8, 4) is 6.07 Å². The van der Waals surface area contributed by atoms with Crippen LogP contribution in [0.3, 0.4) is 0 Å². The molecule has 4 heteroatoms. The molecule has 0 spiro atoms. The molecule has 0 fully saturated rings. The van der Waals surface area contributed by atoms with E-state index < -0.39 is 0 Å². The Morgan fingerprint density at radius 1 is 1.50 bits per heavy atom. The van der Waals surface area contributed by atoms with Gasteiger partial charge < -0.3 is 4.90 Å². The van der Waals surface area contributed by atoms with Crippen molar-refractivity contribution in [2.45, 2.75) is 38.1 Å². The van der Waals surface area contributed by atoms with Gasteiger partial charge in [-0.15, -0.1) is 0 Å². The summed E-state index contributed by atoms with van der Waals surface area (Å²) in [5, 5.41) is 8.52. The maximum atomic E-state index is 11.8. The van der Waals surface area contributed by atoms with Crippen LogP contribution >= 0.6 is 15.9 Å². The van der Waals surface area contributed by atoms with Crippen LogP contribution in [-0.2, 0) is 4.79 Å². The van der Waals surface area contributed by atoms with Crippen LogP contribution in [0.1, 0.15) is 27.2 Å². The first kappa shape index (κ1) is 13.4. The third-order valence-electron chi connectivity index (χ3n) is 2.22. The van der Waals surface area contributed by atoms with E-state index in [2.05, 4.69) is 22.0 Å². The molecule has 0 saturated heterocycles. The highest BCUT2D eigenvalue weighted by Crippen LogP contribution is 2.16. The summed E-state index contributed by atoms with van der Waals surface area (Å²) in [6, 6.07) is 2.04. The second kappa shape index (κ2) is 6.02. The number of hydrogen-bond acceptors (Lipinski definition) is 2. The zero-order valence-corrected chi connectivity index (χ0v) is 10.7. The van der Waals surface area contributed by atoms with Crippen molar-refractivity contribution in [1.82, 2.24) is 4.90 Å². The summed E-state index contributed by atoms with van der Waals surface area (Å²) in [5.41, 5.74) is 0. The molecule has 1 amide bonds. The summed E-state index contributed by atoms with van der Waals surface area (Å²) in [7, 11) is 1.74. The molecule has 0 aromatic carbocycles. The molecule has 0 aliphatic rings. The number of carbonyl (C=O) groups excluding carboxylic acids is 1. The Labute approximate surface area is 94.2 Å². The topological polar surface area (TPSA) is 44.1 Å². The molecule has 0 bridgehead atoms. The number of halogens is 1. The van der Waals surface area contributed by atoms with Crippen molar-refractivity contribution in [3.05, 3.63) is 0 Å². The standard InChI is InChI=1S/C10H17BrN2O/c1-7(2)9(11)10(14)13(4)8(3)5-6-12/h7-9H,5H2,1-4H3. The van der Waals surface area contributed by atoms with Crippen molar-refractivity contribution in [1.29, 1.82) is 5.26 Å². The zero-order chi connectivity index (χ0) is 11.3. The minimum atomic E-state index is -0.159. The van der Waals surface area contributed by atoms with E-state index in [1.807, 2.05) is 20.8 Å². The molecule has 0 radical (unpaired) electrons. The van der Waals surface area contributed by atoms with E-state index in [1.165, 1.54) is 0 Å². The van der Waals surface area contributed by atoms with Crippen LogP contribution in [0.15, 0.2) is 0 Å². The van der Waals surface area contributed by atoms with Crippen LogP contribution in [0.25, 0.3) is 0 Å². The molecule has 0 N–H and O–H groups in total. The fraction of sp³-hybridized carbons (Fsp3) is 0.800. The van der Waals surface area contributed by atoms with Gasteiger partial charge in [0.25, 0.3) is 0 Å². The molecule has 3 nitrogen and oxygen atoms in total. The number of amides is 1. The van der Waals surface area contributed by atoms with Crippen LogP contribution in [0, 0.1) is 17.2 Å². The lowest BCUT2D eigenvalue weighted by atomic mass is 10.1. The summed E-state index contributed by atoms with van der Waals surface area (Å²) in [6.45, 7) is 5.85. The Balaban J connectivity index is 4.32. The predicted molar refractivity (Wildman–Crippen MR) is 60.0 cm³/mol. The molecule has 0 aliphatic carbocycles. The van der Waals surface area contributed by atoms with Gasteiger partial charge in [0, 0.05) is 13.1 Å². The number of nitrogens with zero attached hydrogens (tertiary/aromatic N) is 2. The fourth-order valence-corrected chi connectivity index (χ4v) is 1.29. The van der Waals surface area contributed by atoms with Gasteiger partial charge in [-0.05, 0) is 12.8 Å². The Hall–Kier alpha value is -0.560. The third kappa shape index (κ3) is 3.67. The lowest BCUT2D eigenvalue weighted by Gasteiger charge is -2.26. The Bertz CT molecular complexity index is 235. The van der Waals surface area contributed by atoms with Gasteiger partial charge in [0.15, 0.2) is 0 Å². The first-order valence-electron chi connectivity index (χ1n) is 4.69. The Morgan fingerprint density at radius 3 is 2.36 bits per heavy atom. The van der Waals surface area contributed by atoms with Crippen LogP contribution in [0.4, 0.5) is 0 Å². The second-order valence-corrected chi connectivity index (χ2v) is 4.79. The van der Waals surface area contributed by atoms with Gasteiger partial charge >= 0.3 is 0 Å². The van der Waals surface area contributed by atoms with Gasteiger partial charge in [0.05, 0.1) is 17.3 Å². The third-order valence-corrected chi connectivity index (χ3v) is 3.67. The van der Waals surface area contributed by atoms with Crippen molar-refractivity contribution in [3.63, 3.8) is 0 Å². The summed E-state index contributed by atoms with van der Waals surface area (Å²) in [6.07, 6.45) is 0.375. The smallest absolute Gasteiger partial charge is 0.236 e. The number of nitriles is 1. The summed E-state index contributed by atoms with van der Waals surface area (Å²) in [4.78, 5) is 13.2. The average Bonchev–Trinajstić information content (AvgIpc) is 2.14. The zero-order valence-electron chi connectivity index (χ0n) is 9.12. The van der Waals surface area contributed by atoms with E-state index >= 15 is 0 Å². The SMILES string of the molecule is CC(C)C(Br)C(=O)N(C)C(C)CC#N. The molecule has 14 heavy (non-hydrogen) atoms. The number of carbonyl (C=O) groups is 1. The molecule has 0 aromatic heterocycles. The Kier molecular flexibility index (Phi) is 5.78. The highest BCUT2D eigenvalue weighted by Gasteiger charge is 2.24. The molecule has 80 valence electrons. The quantitative estimate of drug-likeness (QED) is 0.728. The summed E-state index contributed by atoms with van der Waals surface area (Å²) < 4.78 is 0. The monoisotopic (exact) mass is 260 g/mol.